The zero-order valence-electron chi connectivity index (χ0n) is 11.6. The van der Waals surface area contributed by atoms with Gasteiger partial charge < -0.3 is 14.8 Å². The van der Waals surface area contributed by atoms with Crippen molar-refractivity contribution < 1.29 is 9.90 Å². The molecule has 0 radical (unpaired) electrons. The first-order valence-corrected chi connectivity index (χ1v) is 7.85. The molecule has 2 rings (SSSR count). The first-order valence-electron chi connectivity index (χ1n) is 6.81. The maximum atomic E-state index is 10.5. The highest BCUT2D eigenvalue weighted by Crippen LogP contribution is 2.18. The highest BCUT2D eigenvalue weighted by atomic mass is 32.2. The number of carbonyl (C=O) groups is 1. The van der Waals surface area contributed by atoms with Gasteiger partial charge in [-0.1, -0.05) is 0 Å². The third-order valence-electron chi connectivity index (χ3n) is 3.70. The minimum atomic E-state index is -1.01. The smallest absolute Gasteiger partial charge is 0.107 e. The van der Waals surface area contributed by atoms with E-state index in [4.69, 9.17) is 0 Å². The van der Waals surface area contributed by atoms with E-state index in [2.05, 4.69) is 34.4 Å². The van der Waals surface area contributed by atoms with E-state index in [9.17, 15) is 9.90 Å². The lowest BCUT2D eigenvalue weighted by Crippen LogP contribution is -2.63. The Morgan fingerprint density at radius 2 is 2.00 bits per heavy atom. The Labute approximate surface area is 118 Å². The molecular formula is C12H23N4O2S-. The average molecular weight is 287 g/mol. The largest absolute Gasteiger partial charge is 0.549 e. The van der Waals surface area contributed by atoms with Crippen LogP contribution >= 0.6 is 11.8 Å². The second kappa shape index (κ2) is 6.90. The molecule has 0 aromatic heterocycles. The molecule has 2 aliphatic rings. The summed E-state index contributed by atoms with van der Waals surface area (Å²) in [5.41, 5.74) is -0.00805. The maximum absolute atomic E-state index is 10.5. The minimum absolute atomic E-state index is 0.00805. The molecular weight excluding hydrogens is 264 g/mol. The third-order valence-corrected chi connectivity index (χ3v) is 4.71. The van der Waals surface area contributed by atoms with E-state index >= 15 is 0 Å². The van der Waals surface area contributed by atoms with Gasteiger partial charge in [0.25, 0.3) is 0 Å². The van der Waals surface area contributed by atoms with Crippen molar-refractivity contribution in [2.45, 2.75) is 31.0 Å². The molecule has 0 aliphatic carbocycles. The van der Waals surface area contributed by atoms with Crippen LogP contribution in [0.15, 0.2) is 0 Å². The fourth-order valence-corrected chi connectivity index (χ4v) is 3.47. The highest BCUT2D eigenvalue weighted by Gasteiger charge is 2.30. The summed E-state index contributed by atoms with van der Waals surface area (Å²) in [5, 5.41) is 17.4. The van der Waals surface area contributed by atoms with Crippen LogP contribution in [0.3, 0.4) is 0 Å². The van der Waals surface area contributed by atoms with Crippen LogP contribution in [0.2, 0.25) is 0 Å². The summed E-state index contributed by atoms with van der Waals surface area (Å²) in [6.45, 7) is 6.47. The van der Waals surface area contributed by atoms with Crippen molar-refractivity contribution in [3.63, 3.8) is 0 Å². The summed E-state index contributed by atoms with van der Waals surface area (Å²) < 4.78 is 0. The van der Waals surface area contributed by atoms with Crippen LogP contribution in [0, 0.1) is 0 Å². The molecule has 19 heavy (non-hydrogen) atoms. The summed E-state index contributed by atoms with van der Waals surface area (Å²) in [6.07, 6.45) is 1.38. The number of carbonyl (C=O) groups excluding carboxylic acids is 1. The lowest BCUT2D eigenvalue weighted by atomic mass is 10.1. The molecule has 0 bridgehead atoms. The van der Waals surface area contributed by atoms with Gasteiger partial charge in [0.05, 0.1) is 12.1 Å². The summed E-state index contributed by atoms with van der Waals surface area (Å²) >= 11 is 1.36. The van der Waals surface area contributed by atoms with Gasteiger partial charge in [0.1, 0.15) is 5.50 Å². The van der Waals surface area contributed by atoms with Crippen molar-refractivity contribution in [3.8, 4) is 0 Å². The van der Waals surface area contributed by atoms with Gasteiger partial charge in [0, 0.05) is 38.0 Å². The zero-order chi connectivity index (χ0) is 13.8. The van der Waals surface area contributed by atoms with Crippen LogP contribution in [-0.4, -0.2) is 72.5 Å². The Morgan fingerprint density at radius 1 is 1.32 bits per heavy atom. The third kappa shape index (κ3) is 4.61. The summed E-state index contributed by atoms with van der Waals surface area (Å²) in [6, 6.07) is 0.394. The molecule has 6 nitrogen and oxygen atoms in total. The number of piperazine rings is 1. The first kappa shape index (κ1) is 15.1. The number of nitrogens with one attached hydrogen (secondary N) is 2. The Balaban J connectivity index is 1.84. The Bertz CT molecular complexity index is 310. The molecule has 0 spiro atoms. The van der Waals surface area contributed by atoms with Gasteiger partial charge in [-0.05, 0) is 20.4 Å². The van der Waals surface area contributed by atoms with Crippen LogP contribution in [0.25, 0.3) is 0 Å². The SMILES string of the molecule is CC1CC(N2CCN(C)CC2)NC(SCC(=O)[O-])N1. The Morgan fingerprint density at radius 3 is 2.63 bits per heavy atom. The lowest BCUT2D eigenvalue weighted by Gasteiger charge is -2.44. The molecule has 7 heteroatoms. The second-order valence-corrected chi connectivity index (χ2v) is 6.48. The van der Waals surface area contributed by atoms with Gasteiger partial charge in [0.15, 0.2) is 0 Å². The number of thioether (sulfide) groups is 1. The molecule has 2 aliphatic heterocycles. The molecule has 0 saturated carbocycles. The first-order chi connectivity index (χ1) is 9.04. The topological polar surface area (TPSA) is 70.7 Å². The molecule has 3 atom stereocenters. The molecule has 2 heterocycles. The molecule has 2 saturated heterocycles. The average Bonchev–Trinajstić information content (AvgIpc) is 2.36. The van der Waals surface area contributed by atoms with E-state index in [1.807, 2.05) is 0 Å². The fraction of sp³-hybridized carbons (Fsp3) is 0.917. The number of carboxylic acid groups (broad SMARTS) is 1. The van der Waals surface area contributed by atoms with Crippen molar-refractivity contribution in [2.24, 2.45) is 0 Å². The van der Waals surface area contributed by atoms with Crippen LogP contribution in [0.4, 0.5) is 0 Å². The van der Waals surface area contributed by atoms with Crippen LogP contribution < -0.4 is 15.7 Å². The molecule has 2 fully saturated rings. The second-order valence-electron chi connectivity index (χ2n) is 5.39. The van der Waals surface area contributed by atoms with E-state index in [1.165, 1.54) is 11.8 Å². The van der Waals surface area contributed by atoms with Gasteiger partial charge >= 0.3 is 0 Å². The van der Waals surface area contributed by atoms with Gasteiger partial charge in [-0.3, -0.25) is 15.5 Å². The quantitative estimate of drug-likeness (QED) is 0.638. The van der Waals surface area contributed by atoms with Gasteiger partial charge in [-0.2, -0.15) is 0 Å². The van der Waals surface area contributed by atoms with Gasteiger partial charge in [0.2, 0.25) is 0 Å². The van der Waals surface area contributed by atoms with Gasteiger partial charge in [-0.25, -0.2) is 0 Å². The molecule has 0 amide bonds. The van der Waals surface area contributed by atoms with Crippen LogP contribution in [0.1, 0.15) is 13.3 Å². The number of hydrogen-bond acceptors (Lipinski definition) is 7. The van der Waals surface area contributed by atoms with Crippen molar-refractivity contribution in [2.75, 3.05) is 39.0 Å². The normalized spacial score (nSPS) is 34.3. The maximum Gasteiger partial charge on any atom is 0.107 e. The Hall–Kier alpha value is -0.340. The van der Waals surface area contributed by atoms with Gasteiger partial charge in [-0.15, -0.1) is 11.8 Å². The molecule has 0 aromatic rings. The minimum Gasteiger partial charge on any atom is -0.549 e. The van der Waals surface area contributed by atoms with E-state index < -0.39 is 5.97 Å². The fourth-order valence-electron chi connectivity index (χ4n) is 2.59. The van der Waals surface area contributed by atoms with E-state index in [0.717, 1.165) is 32.6 Å². The van der Waals surface area contributed by atoms with Crippen molar-refractivity contribution >= 4 is 17.7 Å². The number of rotatable bonds is 4. The Kier molecular flexibility index (Phi) is 5.47. The monoisotopic (exact) mass is 287 g/mol. The van der Waals surface area contributed by atoms with E-state index in [0.29, 0.717) is 12.2 Å². The molecule has 0 aromatic carbocycles. The number of likely N-dealkylation sites (N-methyl/N-ethyl adjacent to an activating group) is 1. The highest BCUT2D eigenvalue weighted by molar-refractivity contribution is 8.00. The van der Waals surface area contributed by atoms with Crippen molar-refractivity contribution in [1.82, 2.24) is 20.4 Å². The summed E-state index contributed by atoms with van der Waals surface area (Å²) in [7, 11) is 2.15. The van der Waals surface area contributed by atoms with Crippen molar-refractivity contribution in [3.05, 3.63) is 0 Å². The molecule has 110 valence electrons. The number of hydrogen-bond donors (Lipinski definition) is 2. The predicted octanol–water partition coefficient (Wildman–Crippen LogP) is -1.70. The number of nitrogens with zero attached hydrogens (tertiary/aromatic N) is 2. The lowest BCUT2D eigenvalue weighted by molar-refractivity contribution is -0.301. The van der Waals surface area contributed by atoms with Crippen LogP contribution in [-0.2, 0) is 4.79 Å². The zero-order valence-corrected chi connectivity index (χ0v) is 12.4. The molecule has 3 unspecified atom stereocenters. The van der Waals surface area contributed by atoms with Crippen LogP contribution in [0.5, 0.6) is 0 Å². The standard InChI is InChI=1S/C12H24N4O2S/c1-9-7-10(16-5-3-15(2)4-6-16)14-12(13-9)19-8-11(17)18/h9-10,12-14H,3-8H2,1-2H3,(H,17,18)/p-1. The number of aliphatic carboxylic acids is 1. The summed E-state index contributed by atoms with van der Waals surface area (Å²) in [4.78, 5) is 15.3. The van der Waals surface area contributed by atoms with Crippen molar-refractivity contribution in [1.29, 1.82) is 0 Å². The number of carboxylic acids is 1. The van der Waals surface area contributed by atoms with E-state index in [1.54, 1.807) is 0 Å². The molecule has 2 N–H and O–H groups in total. The predicted molar refractivity (Wildman–Crippen MR) is 74.5 cm³/mol. The summed E-state index contributed by atoms with van der Waals surface area (Å²) in [5.74, 6) is -0.990. The van der Waals surface area contributed by atoms with E-state index in [-0.39, 0.29) is 11.3 Å².